The zero-order chi connectivity index (χ0) is 29.4. The molecular weight excluding hydrogens is 549 g/mol. The molecule has 2 aliphatic rings. The molecule has 0 saturated heterocycles. The van der Waals surface area contributed by atoms with Crippen LogP contribution in [0.15, 0.2) is 66.3 Å². The Morgan fingerprint density at radius 1 is 1.07 bits per heavy atom. The number of ether oxygens (including phenoxy) is 1. The molecule has 2 aromatic carbocycles. The maximum atomic E-state index is 12.1. The van der Waals surface area contributed by atoms with Gasteiger partial charge in [0.2, 0.25) is 0 Å². The van der Waals surface area contributed by atoms with Gasteiger partial charge in [-0.15, -0.1) is 11.3 Å². The highest BCUT2D eigenvalue weighted by Gasteiger charge is 2.34. The second-order valence-electron chi connectivity index (χ2n) is 11.5. The van der Waals surface area contributed by atoms with Crippen LogP contribution in [-0.4, -0.2) is 33.8 Å². The summed E-state index contributed by atoms with van der Waals surface area (Å²) in [6, 6.07) is 16.6. The van der Waals surface area contributed by atoms with Crippen molar-refractivity contribution < 1.29 is 27.8 Å². The molecule has 1 atom stereocenters. The number of aromatic nitrogens is 2. The van der Waals surface area contributed by atoms with Crippen molar-refractivity contribution in [2.75, 3.05) is 6.61 Å². The van der Waals surface area contributed by atoms with Gasteiger partial charge in [0.25, 0.3) is 0 Å². The van der Waals surface area contributed by atoms with E-state index in [1.807, 2.05) is 6.20 Å². The van der Waals surface area contributed by atoms with Crippen molar-refractivity contribution in [2.24, 2.45) is 5.41 Å². The first-order valence-electron chi connectivity index (χ1n) is 13.4. The van der Waals surface area contributed by atoms with E-state index in [-0.39, 0.29) is 22.8 Å². The van der Waals surface area contributed by atoms with E-state index < -0.39 is 18.8 Å². The molecule has 2 aromatic heterocycles. The van der Waals surface area contributed by atoms with Crippen LogP contribution in [0.4, 0.5) is 13.2 Å². The van der Waals surface area contributed by atoms with Gasteiger partial charge in [-0.05, 0) is 58.4 Å². The van der Waals surface area contributed by atoms with Gasteiger partial charge in [0.15, 0.2) is 12.3 Å². The fourth-order valence-electron chi connectivity index (χ4n) is 5.35. The average Bonchev–Trinajstić information content (AvgIpc) is 3.48. The molecule has 5 nitrogen and oxygen atoms in total. The molecule has 9 heteroatoms. The van der Waals surface area contributed by atoms with Crippen molar-refractivity contribution in [3.8, 4) is 16.9 Å². The van der Waals surface area contributed by atoms with E-state index in [1.54, 1.807) is 11.3 Å². The molecule has 41 heavy (non-hydrogen) atoms. The lowest BCUT2D eigenvalue weighted by Gasteiger charge is -2.31. The molecule has 1 fully saturated rings. The third kappa shape index (κ3) is 6.62. The van der Waals surface area contributed by atoms with Crippen LogP contribution >= 0.6 is 11.3 Å². The van der Waals surface area contributed by atoms with Crippen molar-refractivity contribution in [3.05, 3.63) is 99.3 Å². The smallest absolute Gasteiger partial charge is 0.422 e. The summed E-state index contributed by atoms with van der Waals surface area (Å²) in [5.41, 5.74) is 7.55. The SMILES string of the molecule is CC(C)(C)C(c1nccs1)c1cccc2c1Cc1ccccc1-2.O=C(O)c1cc(OCC(F)(F)F)c(C2CC2)cn1. The summed E-state index contributed by atoms with van der Waals surface area (Å²) in [5, 5.41) is 12.1. The van der Waals surface area contributed by atoms with Gasteiger partial charge < -0.3 is 9.84 Å². The van der Waals surface area contributed by atoms with Crippen molar-refractivity contribution >= 4 is 17.3 Å². The van der Waals surface area contributed by atoms with Gasteiger partial charge in [-0.2, -0.15) is 13.2 Å². The van der Waals surface area contributed by atoms with E-state index in [4.69, 9.17) is 5.11 Å². The highest BCUT2D eigenvalue weighted by molar-refractivity contribution is 7.09. The first-order chi connectivity index (χ1) is 19.4. The first-order valence-corrected chi connectivity index (χ1v) is 14.3. The van der Waals surface area contributed by atoms with Gasteiger partial charge >= 0.3 is 12.1 Å². The van der Waals surface area contributed by atoms with Crippen LogP contribution in [0.25, 0.3) is 11.1 Å². The van der Waals surface area contributed by atoms with E-state index >= 15 is 0 Å². The number of nitrogens with zero attached hydrogens (tertiary/aromatic N) is 2. The number of alkyl halides is 3. The Morgan fingerprint density at radius 2 is 1.80 bits per heavy atom. The Labute approximate surface area is 241 Å². The van der Waals surface area contributed by atoms with Gasteiger partial charge in [0.05, 0.1) is 0 Å². The highest BCUT2D eigenvalue weighted by atomic mass is 32.1. The zero-order valence-electron chi connectivity index (χ0n) is 23.0. The third-order valence-corrected chi connectivity index (χ3v) is 8.13. The number of carboxylic acids is 1. The lowest BCUT2D eigenvalue weighted by Crippen LogP contribution is -2.20. The summed E-state index contributed by atoms with van der Waals surface area (Å²) in [4.78, 5) is 19.0. The molecule has 1 unspecified atom stereocenters. The maximum absolute atomic E-state index is 12.1. The number of hydrogen-bond acceptors (Lipinski definition) is 5. The number of carboxylic acid groups (broad SMARTS) is 1. The zero-order valence-corrected chi connectivity index (χ0v) is 23.9. The maximum Gasteiger partial charge on any atom is 0.422 e. The molecule has 0 aliphatic heterocycles. The van der Waals surface area contributed by atoms with Crippen LogP contribution in [0.1, 0.15) is 83.2 Å². The second-order valence-corrected chi connectivity index (χ2v) is 12.4. The lowest BCUT2D eigenvalue weighted by molar-refractivity contribution is -0.153. The second kappa shape index (κ2) is 11.3. The lowest BCUT2D eigenvalue weighted by atomic mass is 9.75. The number of pyridine rings is 1. The van der Waals surface area contributed by atoms with Crippen molar-refractivity contribution in [1.82, 2.24) is 9.97 Å². The Kier molecular flexibility index (Phi) is 7.92. The third-order valence-electron chi connectivity index (χ3n) is 7.29. The summed E-state index contributed by atoms with van der Waals surface area (Å²) < 4.78 is 40.9. The predicted molar refractivity (Wildman–Crippen MR) is 153 cm³/mol. The van der Waals surface area contributed by atoms with E-state index in [9.17, 15) is 18.0 Å². The number of benzene rings is 2. The van der Waals surface area contributed by atoms with Crippen molar-refractivity contribution in [3.63, 3.8) is 0 Å². The highest BCUT2D eigenvalue weighted by Crippen LogP contribution is 2.47. The number of aromatic carboxylic acids is 1. The van der Waals surface area contributed by atoms with Crippen LogP contribution in [0.2, 0.25) is 0 Å². The van der Waals surface area contributed by atoms with Crippen LogP contribution in [-0.2, 0) is 6.42 Å². The minimum absolute atomic E-state index is 0.0396. The molecule has 0 radical (unpaired) electrons. The normalized spacial score (nSPS) is 14.9. The molecule has 0 bridgehead atoms. The molecule has 1 saturated carbocycles. The summed E-state index contributed by atoms with van der Waals surface area (Å²) in [7, 11) is 0. The number of carbonyl (C=O) groups is 1. The summed E-state index contributed by atoms with van der Waals surface area (Å²) >= 11 is 1.77. The number of fused-ring (bicyclic) bond motifs is 3. The fraction of sp³-hybridized carbons (Fsp3) is 0.344. The average molecular weight is 581 g/mol. The van der Waals surface area contributed by atoms with Crippen LogP contribution in [0.3, 0.4) is 0 Å². The van der Waals surface area contributed by atoms with Gasteiger partial charge in [-0.1, -0.05) is 63.2 Å². The van der Waals surface area contributed by atoms with E-state index in [1.165, 1.54) is 39.0 Å². The largest absolute Gasteiger partial charge is 0.484 e. The molecule has 6 rings (SSSR count). The number of rotatable bonds is 6. The Bertz CT molecular complexity index is 1540. The topological polar surface area (TPSA) is 72.3 Å². The van der Waals surface area contributed by atoms with Crippen molar-refractivity contribution in [2.45, 2.75) is 58.0 Å². The molecule has 0 amide bonds. The Balaban J connectivity index is 0.000000170. The van der Waals surface area contributed by atoms with Gasteiger partial charge in [0, 0.05) is 35.3 Å². The number of halogens is 3. The summed E-state index contributed by atoms with van der Waals surface area (Å²) in [6.45, 7) is 5.53. The summed E-state index contributed by atoms with van der Waals surface area (Å²) in [5.74, 6) is -0.869. The van der Waals surface area contributed by atoms with E-state index in [0.717, 1.165) is 25.3 Å². The van der Waals surface area contributed by atoms with Crippen LogP contribution in [0, 0.1) is 5.41 Å². The molecule has 4 aromatic rings. The van der Waals surface area contributed by atoms with Gasteiger partial charge in [-0.3, -0.25) is 0 Å². The Hall–Kier alpha value is -3.72. The minimum Gasteiger partial charge on any atom is -0.484 e. The monoisotopic (exact) mass is 580 g/mol. The number of thiazole rings is 1. The quantitative estimate of drug-likeness (QED) is 0.218. The van der Waals surface area contributed by atoms with Gasteiger partial charge in [-0.25, -0.2) is 14.8 Å². The predicted octanol–water partition coefficient (Wildman–Crippen LogP) is 8.49. The molecular formula is C32H31F3N2O3S. The molecule has 1 N–H and O–H groups in total. The Morgan fingerprint density at radius 3 is 2.44 bits per heavy atom. The molecule has 214 valence electrons. The van der Waals surface area contributed by atoms with Crippen LogP contribution in [0.5, 0.6) is 5.75 Å². The van der Waals surface area contributed by atoms with Gasteiger partial charge in [0.1, 0.15) is 10.8 Å². The van der Waals surface area contributed by atoms with E-state index in [0.29, 0.717) is 11.5 Å². The minimum atomic E-state index is -4.45. The fourth-order valence-corrected chi connectivity index (χ4v) is 6.35. The first kappa shape index (κ1) is 28.8. The molecule has 2 heterocycles. The number of hydrogen-bond donors (Lipinski definition) is 1. The molecule has 2 aliphatic carbocycles. The van der Waals surface area contributed by atoms with E-state index in [2.05, 4.69) is 83.3 Å². The van der Waals surface area contributed by atoms with Crippen molar-refractivity contribution in [1.29, 1.82) is 0 Å². The van der Waals surface area contributed by atoms with Crippen LogP contribution < -0.4 is 4.74 Å². The molecule has 0 spiro atoms. The summed E-state index contributed by atoms with van der Waals surface area (Å²) in [6.07, 6.45) is 1.52. The standard InChI is InChI=1S/C21H21NS.C11H10F3NO3/c1-21(2,3)19(20-22-11-12-23-20)17-10-6-9-16-15-8-5-4-7-14(15)13-18(16)17;12-11(13,14)5-18-9-3-8(10(16)17)15-4-7(9)6-1-2-6/h4-12,19H,13H2,1-3H3;3-4,6H,1-2,5H2,(H,16,17).